The second-order valence-electron chi connectivity index (χ2n) is 6.13. The van der Waals surface area contributed by atoms with Crippen LogP contribution in [0.15, 0.2) is 18.5 Å². The Bertz CT molecular complexity index is 395. The normalized spacial score (nSPS) is 19.6. The van der Waals surface area contributed by atoms with Gasteiger partial charge < -0.3 is 14.8 Å². The van der Waals surface area contributed by atoms with E-state index in [1.165, 1.54) is 0 Å². The van der Waals surface area contributed by atoms with Gasteiger partial charge in [0, 0.05) is 36.4 Å². The van der Waals surface area contributed by atoms with E-state index in [1.807, 2.05) is 12.3 Å². The van der Waals surface area contributed by atoms with Crippen LogP contribution < -0.4 is 10.1 Å². The van der Waals surface area contributed by atoms with Crippen molar-refractivity contribution in [3.63, 3.8) is 0 Å². The Labute approximate surface area is 115 Å². The number of rotatable bonds is 5. The lowest BCUT2D eigenvalue weighted by Crippen LogP contribution is -2.35. The molecule has 0 aliphatic carbocycles. The Hall–Kier alpha value is -1.13. The van der Waals surface area contributed by atoms with E-state index in [0.29, 0.717) is 12.5 Å². The van der Waals surface area contributed by atoms with E-state index >= 15 is 0 Å². The first-order valence-electron chi connectivity index (χ1n) is 6.93. The van der Waals surface area contributed by atoms with Gasteiger partial charge in [0.15, 0.2) is 0 Å². The molecule has 0 radical (unpaired) electrons. The summed E-state index contributed by atoms with van der Waals surface area (Å²) >= 11 is 0. The maximum absolute atomic E-state index is 5.90. The van der Waals surface area contributed by atoms with Gasteiger partial charge in [-0.15, -0.1) is 0 Å². The van der Waals surface area contributed by atoms with Crippen molar-refractivity contribution in [2.75, 3.05) is 19.8 Å². The van der Waals surface area contributed by atoms with Gasteiger partial charge in [0.1, 0.15) is 5.75 Å². The average Bonchev–Trinajstić information content (AvgIpc) is 2.87. The molecule has 1 fully saturated rings. The maximum atomic E-state index is 5.90. The summed E-state index contributed by atoms with van der Waals surface area (Å²) in [6.07, 6.45) is 4.70. The Balaban J connectivity index is 1.91. The number of hydrogen-bond acceptors (Lipinski definition) is 4. The highest BCUT2D eigenvalue weighted by Crippen LogP contribution is 2.20. The molecule has 0 saturated carbocycles. The van der Waals surface area contributed by atoms with Crippen LogP contribution in [0.4, 0.5) is 0 Å². The second kappa shape index (κ2) is 6.35. The highest BCUT2D eigenvalue weighted by Gasteiger charge is 2.17. The molecular weight excluding hydrogens is 240 g/mol. The molecule has 2 heterocycles. The summed E-state index contributed by atoms with van der Waals surface area (Å²) in [5, 5.41) is 3.47. The van der Waals surface area contributed by atoms with Crippen LogP contribution >= 0.6 is 0 Å². The SMILES string of the molecule is CC(C)(C)NCc1ccncc1OCC1CCOC1. The summed E-state index contributed by atoms with van der Waals surface area (Å²) in [6, 6.07) is 2.01. The molecule has 4 nitrogen and oxygen atoms in total. The van der Waals surface area contributed by atoms with Gasteiger partial charge in [0.25, 0.3) is 0 Å². The van der Waals surface area contributed by atoms with Gasteiger partial charge >= 0.3 is 0 Å². The molecule has 1 aromatic rings. The molecule has 0 spiro atoms. The van der Waals surface area contributed by atoms with Crippen molar-refractivity contribution < 1.29 is 9.47 Å². The van der Waals surface area contributed by atoms with Crippen LogP contribution in [0.5, 0.6) is 5.75 Å². The van der Waals surface area contributed by atoms with Crippen LogP contribution in [0.1, 0.15) is 32.8 Å². The minimum atomic E-state index is 0.0971. The van der Waals surface area contributed by atoms with Crippen molar-refractivity contribution >= 4 is 0 Å². The van der Waals surface area contributed by atoms with Gasteiger partial charge in [-0.3, -0.25) is 4.98 Å². The number of aromatic nitrogens is 1. The lowest BCUT2D eigenvalue weighted by molar-refractivity contribution is 0.166. The second-order valence-corrected chi connectivity index (χ2v) is 6.13. The van der Waals surface area contributed by atoms with E-state index in [9.17, 15) is 0 Å². The molecule has 0 bridgehead atoms. The Morgan fingerprint density at radius 2 is 2.32 bits per heavy atom. The predicted molar refractivity (Wildman–Crippen MR) is 75.3 cm³/mol. The zero-order chi connectivity index (χ0) is 13.7. The Morgan fingerprint density at radius 3 is 3.00 bits per heavy atom. The van der Waals surface area contributed by atoms with Crippen LogP contribution in [0, 0.1) is 5.92 Å². The van der Waals surface area contributed by atoms with E-state index in [1.54, 1.807) is 6.20 Å². The summed E-state index contributed by atoms with van der Waals surface area (Å²) in [6.45, 7) is 9.66. The molecular formula is C15H24N2O2. The molecule has 1 saturated heterocycles. The van der Waals surface area contributed by atoms with Crippen LogP contribution in [0.3, 0.4) is 0 Å². The van der Waals surface area contributed by atoms with Gasteiger partial charge in [-0.2, -0.15) is 0 Å². The lowest BCUT2D eigenvalue weighted by atomic mass is 10.1. The molecule has 1 aliphatic rings. The monoisotopic (exact) mass is 264 g/mol. The molecule has 19 heavy (non-hydrogen) atoms. The van der Waals surface area contributed by atoms with Crippen molar-refractivity contribution in [3.05, 3.63) is 24.0 Å². The molecule has 0 amide bonds. The molecule has 2 rings (SSSR count). The fraction of sp³-hybridized carbons (Fsp3) is 0.667. The minimum absolute atomic E-state index is 0.0971. The molecule has 1 N–H and O–H groups in total. The fourth-order valence-corrected chi connectivity index (χ4v) is 1.97. The van der Waals surface area contributed by atoms with Crippen molar-refractivity contribution in [3.8, 4) is 5.75 Å². The molecule has 1 unspecified atom stereocenters. The predicted octanol–water partition coefficient (Wildman–Crippen LogP) is 2.39. The first kappa shape index (κ1) is 14.3. The van der Waals surface area contributed by atoms with Crippen molar-refractivity contribution in [2.24, 2.45) is 5.92 Å². The summed E-state index contributed by atoms with van der Waals surface area (Å²) in [7, 11) is 0. The van der Waals surface area contributed by atoms with E-state index in [0.717, 1.165) is 37.5 Å². The summed E-state index contributed by atoms with van der Waals surface area (Å²) in [4.78, 5) is 4.15. The van der Waals surface area contributed by atoms with Gasteiger partial charge in [0.05, 0.1) is 19.4 Å². The maximum Gasteiger partial charge on any atom is 0.142 e. The number of hydrogen-bond donors (Lipinski definition) is 1. The van der Waals surface area contributed by atoms with Gasteiger partial charge in [-0.05, 0) is 33.3 Å². The summed E-state index contributed by atoms with van der Waals surface area (Å²) in [5.41, 5.74) is 1.25. The quantitative estimate of drug-likeness (QED) is 0.887. The van der Waals surface area contributed by atoms with E-state index in [-0.39, 0.29) is 5.54 Å². The van der Waals surface area contributed by atoms with Gasteiger partial charge in [-0.25, -0.2) is 0 Å². The third-order valence-corrected chi connectivity index (χ3v) is 3.18. The topological polar surface area (TPSA) is 43.4 Å². The number of nitrogens with one attached hydrogen (secondary N) is 1. The van der Waals surface area contributed by atoms with Gasteiger partial charge in [0.2, 0.25) is 0 Å². The molecule has 106 valence electrons. The third kappa shape index (κ3) is 4.80. The first-order chi connectivity index (χ1) is 9.04. The average molecular weight is 264 g/mol. The highest BCUT2D eigenvalue weighted by molar-refractivity contribution is 5.29. The number of nitrogens with zero attached hydrogens (tertiary/aromatic N) is 1. The standard InChI is InChI=1S/C15H24N2O2/c1-15(2,3)17-8-13-4-6-16-9-14(13)19-11-12-5-7-18-10-12/h4,6,9,12,17H,5,7-8,10-11H2,1-3H3. The van der Waals surface area contributed by atoms with Crippen molar-refractivity contribution in [2.45, 2.75) is 39.3 Å². The molecule has 4 heteroatoms. The number of pyridine rings is 1. The molecule has 1 atom stereocenters. The fourth-order valence-electron chi connectivity index (χ4n) is 1.97. The Morgan fingerprint density at radius 1 is 1.47 bits per heavy atom. The van der Waals surface area contributed by atoms with E-state index in [2.05, 4.69) is 31.1 Å². The van der Waals surface area contributed by atoms with Crippen LogP contribution in [0.25, 0.3) is 0 Å². The smallest absolute Gasteiger partial charge is 0.142 e. The minimum Gasteiger partial charge on any atom is -0.491 e. The zero-order valence-corrected chi connectivity index (χ0v) is 12.1. The van der Waals surface area contributed by atoms with E-state index < -0.39 is 0 Å². The first-order valence-corrected chi connectivity index (χ1v) is 6.93. The molecule has 0 aromatic carbocycles. The van der Waals surface area contributed by atoms with Gasteiger partial charge in [-0.1, -0.05) is 0 Å². The van der Waals surface area contributed by atoms with E-state index in [4.69, 9.17) is 9.47 Å². The Kier molecular flexibility index (Phi) is 4.77. The summed E-state index contributed by atoms with van der Waals surface area (Å²) < 4.78 is 11.3. The number of ether oxygens (including phenoxy) is 2. The van der Waals surface area contributed by atoms with Crippen molar-refractivity contribution in [1.82, 2.24) is 10.3 Å². The largest absolute Gasteiger partial charge is 0.491 e. The summed E-state index contributed by atoms with van der Waals surface area (Å²) in [5.74, 6) is 1.40. The lowest BCUT2D eigenvalue weighted by Gasteiger charge is -2.21. The zero-order valence-electron chi connectivity index (χ0n) is 12.1. The third-order valence-electron chi connectivity index (χ3n) is 3.18. The van der Waals surface area contributed by atoms with Crippen LogP contribution in [-0.2, 0) is 11.3 Å². The highest BCUT2D eigenvalue weighted by atomic mass is 16.5. The van der Waals surface area contributed by atoms with Crippen LogP contribution in [0.2, 0.25) is 0 Å². The van der Waals surface area contributed by atoms with Crippen molar-refractivity contribution in [1.29, 1.82) is 0 Å². The molecule has 1 aliphatic heterocycles. The van der Waals surface area contributed by atoms with Crippen LogP contribution in [-0.4, -0.2) is 30.3 Å². The molecule has 1 aromatic heterocycles.